The van der Waals surface area contributed by atoms with Gasteiger partial charge in [-0.1, -0.05) is 35.5 Å². The van der Waals surface area contributed by atoms with Crippen molar-refractivity contribution < 1.29 is 13.9 Å². The first-order valence-corrected chi connectivity index (χ1v) is 12.0. The largest absolute Gasteiger partial charge is 0.423 e. The molecule has 0 fully saturated rings. The van der Waals surface area contributed by atoms with Gasteiger partial charge < -0.3 is 19.0 Å². The summed E-state index contributed by atoms with van der Waals surface area (Å²) in [6.45, 7) is 2.68. The van der Waals surface area contributed by atoms with Crippen molar-refractivity contribution in [2.45, 2.75) is 30.8 Å². The molecule has 0 bridgehead atoms. The van der Waals surface area contributed by atoms with Crippen LogP contribution in [0.4, 0.5) is 5.69 Å². The number of nitrogens with one attached hydrogen (secondary N) is 1. The fourth-order valence-corrected chi connectivity index (χ4v) is 4.75. The van der Waals surface area contributed by atoms with Crippen molar-refractivity contribution in [2.24, 2.45) is 0 Å². The number of benzene rings is 2. The first-order valence-electron chi connectivity index (χ1n) is 10.6. The number of fused-ring (bicyclic) bond motifs is 1. The minimum atomic E-state index is -0.457. The Labute approximate surface area is 205 Å². The van der Waals surface area contributed by atoms with Crippen LogP contribution >= 0.6 is 23.4 Å². The third kappa shape index (κ3) is 5.49. The average molecular weight is 499 g/mol. The predicted molar refractivity (Wildman–Crippen MR) is 133 cm³/mol. The molecule has 34 heavy (non-hydrogen) atoms. The first kappa shape index (κ1) is 24.0. The molecule has 176 valence electrons. The van der Waals surface area contributed by atoms with Crippen molar-refractivity contribution in [2.75, 3.05) is 19.0 Å². The maximum atomic E-state index is 12.2. The van der Waals surface area contributed by atoms with Gasteiger partial charge in [0.05, 0.1) is 5.02 Å². The highest BCUT2D eigenvalue weighted by atomic mass is 35.5. The molecule has 4 rings (SSSR count). The van der Waals surface area contributed by atoms with Gasteiger partial charge in [-0.2, -0.15) is 0 Å². The standard InChI is InChI=1S/C24H23ClN4O4S/c1-15(30)26-17-8-9-18-16(12-22(31)33-21(18)13-17)14-34-24-28-27-23(29(24)10-5-11-32-2)19-6-3-4-7-20(19)25/h3-4,6-9,12-13H,5,10-11,14H2,1-2H3,(H,26,30). The summed E-state index contributed by atoms with van der Waals surface area (Å²) in [5, 5.41) is 13.6. The van der Waals surface area contributed by atoms with Crippen molar-refractivity contribution in [1.29, 1.82) is 0 Å². The number of rotatable bonds is 9. The molecule has 0 aliphatic heterocycles. The summed E-state index contributed by atoms with van der Waals surface area (Å²) in [4.78, 5) is 23.5. The number of nitrogens with zero attached hydrogens (tertiary/aromatic N) is 3. The Hall–Kier alpha value is -3.14. The van der Waals surface area contributed by atoms with Gasteiger partial charge in [0.2, 0.25) is 5.91 Å². The Morgan fingerprint density at radius 2 is 2.03 bits per heavy atom. The zero-order valence-corrected chi connectivity index (χ0v) is 20.3. The number of amides is 1. The van der Waals surface area contributed by atoms with Crippen molar-refractivity contribution in [3.63, 3.8) is 0 Å². The van der Waals surface area contributed by atoms with Gasteiger partial charge in [-0.05, 0) is 36.2 Å². The summed E-state index contributed by atoms with van der Waals surface area (Å²) < 4.78 is 12.6. The van der Waals surface area contributed by atoms with Crippen LogP contribution in [0.25, 0.3) is 22.4 Å². The van der Waals surface area contributed by atoms with Gasteiger partial charge in [0.25, 0.3) is 0 Å². The zero-order chi connectivity index (χ0) is 24.1. The normalized spacial score (nSPS) is 11.1. The zero-order valence-electron chi connectivity index (χ0n) is 18.7. The third-order valence-corrected chi connectivity index (χ3v) is 6.41. The van der Waals surface area contributed by atoms with E-state index in [0.29, 0.717) is 46.2 Å². The number of halogens is 1. The van der Waals surface area contributed by atoms with Crippen LogP contribution in [-0.2, 0) is 21.8 Å². The highest BCUT2D eigenvalue weighted by molar-refractivity contribution is 7.98. The van der Waals surface area contributed by atoms with Crippen LogP contribution in [0, 0.1) is 0 Å². The summed E-state index contributed by atoms with van der Waals surface area (Å²) in [5.41, 5.74) is 2.12. The SMILES string of the molecule is COCCCn1c(SCc2cc(=O)oc3cc(NC(C)=O)ccc23)nnc1-c1ccccc1Cl. The van der Waals surface area contributed by atoms with Crippen LogP contribution in [-0.4, -0.2) is 34.4 Å². The molecule has 0 aliphatic carbocycles. The number of hydrogen-bond donors (Lipinski definition) is 1. The Morgan fingerprint density at radius 3 is 2.79 bits per heavy atom. The Kier molecular flexibility index (Phi) is 7.66. The molecule has 8 nitrogen and oxygen atoms in total. The molecule has 0 saturated heterocycles. The number of carbonyl (C=O) groups excluding carboxylic acids is 1. The van der Waals surface area contributed by atoms with Crippen LogP contribution in [0.2, 0.25) is 5.02 Å². The lowest BCUT2D eigenvalue weighted by atomic mass is 10.1. The number of ether oxygens (including phenoxy) is 1. The second-order valence-corrected chi connectivity index (χ2v) is 8.91. The minimum Gasteiger partial charge on any atom is -0.423 e. The Bertz CT molecular complexity index is 1390. The number of thioether (sulfide) groups is 1. The van der Waals surface area contributed by atoms with Crippen molar-refractivity contribution in [3.05, 3.63) is 69.5 Å². The Morgan fingerprint density at radius 1 is 1.21 bits per heavy atom. The number of carbonyl (C=O) groups is 1. The monoisotopic (exact) mass is 498 g/mol. The van der Waals surface area contributed by atoms with E-state index in [1.807, 2.05) is 34.9 Å². The molecule has 2 heterocycles. The second-order valence-electron chi connectivity index (χ2n) is 7.56. The summed E-state index contributed by atoms with van der Waals surface area (Å²) in [7, 11) is 1.67. The Balaban J connectivity index is 1.65. The molecule has 10 heteroatoms. The average Bonchev–Trinajstić information content (AvgIpc) is 3.19. The maximum Gasteiger partial charge on any atom is 0.336 e. The van der Waals surface area contributed by atoms with E-state index in [9.17, 15) is 9.59 Å². The lowest BCUT2D eigenvalue weighted by molar-refractivity contribution is -0.114. The van der Waals surface area contributed by atoms with Crippen LogP contribution in [0.1, 0.15) is 18.9 Å². The molecular formula is C24H23ClN4O4S. The van der Waals surface area contributed by atoms with E-state index in [-0.39, 0.29) is 5.91 Å². The van der Waals surface area contributed by atoms with E-state index in [0.717, 1.165) is 22.9 Å². The summed E-state index contributed by atoms with van der Waals surface area (Å²) in [6, 6.07) is 14.3. The molecule has 2 aromatic heterocycles. The van der Waals surface area contributed by atoms with Crippen molar-refractivity contribution >= 4 is 45.9 Å². The smallest absolute Gasteiger partial charge is 0.336 e. The van der Waals surface area contributed by atoms with Gasteiger partial charge in [0, 0.05) is 61.7 Å². The highest BCUT2D eigenvalue weighted by Gasteiger charge is 2.17. The summed E-state index contributed by atoms with van der Waals surface area (Å²) >= 11 is 7.89. The molecule has 0 radical (unpaired) electrons. The van der Waals surface area contributed by atoms with Gasteiger partial charge in [0.15, 0.2) is 11.0 Å². The number of aromatic nitrogens is 3. The van der Waals surface area contributed by atoms with E-state index in [1.165, 1.54) is 24.8 Å². The molecule has 1 N–H and O–H groups in total. The first-order chi connectivity index (χ1) is 16.5. The van der Waals surface area contributed by atoms with Crippen LogP contribution < -0.4 is 10.9 Å². The van der Waals surface area contributed by atoms with Gasteiger partial charge in [-0.25, -0.2) is 4.79 Å². The lowest BCUT2D eigenvalue weighted by Gasteiger charge is -2.11. The number of methoxy groups -OCH3 is 1. The molecule has 0 saturated carbocycles. The molecule has 2 aromatic carbocycles. The van der Waals surface area contributed by atoms with E-state index >= 15 is 0 Å². The molecule has 0 atom stereocenters. The second kappa shape index (κ2) is 10.9. The molecule has 0 unspecified atom stereocenters. The number of hydrogen-bond acceptors (Lipinski definition) is 7. The molecule has 4 aromatic rings. The van der Waals surface area contributed by atoms with Crippen LogP contribution in [0.5, 0.6) is 0 Å². The maximum absolute atomic E-state index is 12.2. The molecule has 0 spiro atoms. The van der Waals surface area contributed by atoms with E-state index in [1.54, 1.807) is 19.2 Å². The summed E-state index contributed by atoms with van der Waals surface area (Å²) in [6.07, 6.45) is 0.781. The van der Waals surface area contributed by atoms with Crippen molar-refractivity contribution in [1.82, 2.24) is 14.8 Å². The van der Waals surface area contributed by atoms with E-state index < -0.39 is 5.63 Å². The summed E-state index contributed by atoms with van der Waals surface area (Å²) in [5.74, 6) is 0.962. The van der Waals surface area contributed by atoms with Gasteiger partial charge in [0.1, 0.15) is 5.58 Å². The minimum absolute atomic E-state index is 0.199. The van der Waals surface area contributed by atoms with E-state index in [2.05, 4.69) is 15.5 Å². The molecule has 0 aliphatic rings. The van der Waals surface area contributed by atoms with Gasteiger partial charge in [-0.15, -0.1) is 10.2 Å². The van der Waals surface area contributed by atoms with Gasteiger partial charge in [-0.3, -0.25) is 4.79 Å². The number of anilines is 1. The lowest BCUT2D eigenvalue weighted by Crippen LogP contribution is -2.07. The third-order valence-electron chi connectivity index (χ3n) is 5.07. The predicted octanol–water partition coefficient (Wildman–Crippen LogP) is 4.99. The van der Waals surface area contributed by atoms with Crippen LogP contribution in [0.3, 0.4) is 0 Å². The van der Waals surface area contributed by atoms with E-state index in [4.69, 9.17) is 20.8 Å². The quantitative estimate of drug-likeness (QED) is 0.197. The fraction of sp³-hybridized carbons (Fsp3) is 0.250. The van der Waals surface area contributed by atoms with Gasteiger partial charge >= 0.3 is 5.63 Å². The fourth-order valence-electron chi connectivity index (χ4n) is 3.58. The molecular weight excluding hydrogens is 476 g/mol. The van der Waals surface area contributed by atoms with Crippen molar-refractivity contribution in [3.8, 4) is 11.4 Å². The topological polar surface area (TPSA) is 99.2 Å². The molecule has 1 amide bonds. The van der Waals surface area contributed by atoms with Crippen LogP contribution in [0.15, 0.2) is 62.9 Å². The highest BCUT2D eigenvalue weighted by Crippen LogP contribution is 2.32.